The topological polar surface area (TPSA) is 64.4 Å². The Bertz CT molecular complexity index is 1030. The molecule has 1 aromatic carbocycles. The van der Waals surface area contributed by atoms with Gasteiger partial charge in [0.15, 0.2) is 0 Å². The van der Waals surface area contributed by atoms with E-state index in [-0.39, 0.29) is 0 Å². The van der Waals surface area contributed by atoms with E-state index >= 15 is 0 Å². The Morgan fingerprint density at radius 1 is 0.971 bits per heavy atom. The monoisotopic (exact) mass is 479 g/mol. The van der Waals surface area contributed by atoms with Crippen LogP contribution in [0, 0.1) is 17.3 Å². The number of para-hydroxylation sites is 2. The molecule has 35 heavy (non-hydrogen) atoms. The molecule has 1 saturated carbocycles. The van der Waals surface area contributed by atoms with Crippen molar-refractivity contribution in [1.82, 2.24) is 20.2 Å². The van der Waals surface area contributed by atoms with Crippen molar-refractivity contribution in [2.24, 2.45) is 17.3 Å². The lowest BCUT2D eigenvalue weighted by molar-refractivity contribution is -0.160. The molecule has 0 atom stereocenters. The molecule has 0 radical (unpaired) electrons. The van der Waals surface area contributed by atoms with Crippen molar-refractivity contribution in [3.8, 4) is 0 Å². The van der Waals surface area contributed by atoms with Crippen LogP contribution in [0.4, 0.5) is 5.69 Å². The molecule has 1 aliphatic heterocycles. The van der Waals surface area contributed by atoms with Gasteiger partial charge in [0.2, 0.25) is 0 Å². The average Bonchev–Trinajstić information content (AvgIpc) is 3.62. The molecule has 2 aromatic heterocycles. The summed E-state index contributed by atoms with van der Waals surface area (Å²) in [4.78, 5) is 21.1. The predicted molar refractivity (Wildman–Crippen MR) is 141 cm³/mol. The highest BCUT2D eigenvalue weighted by Gasteiger charge is 2.25. The number of piperidine rings is 1. The SMILES string of the molecule is CC(C)(C)Cc1nc2ccccc2n1CC1CC1.CONOCC1CCN(c2ccncc2)CC1. The molecular weight excluding hydrogens is 438 g/mol. The van der Waals surface area contributed by atoms with Crippen molar-refractivity contribution >= 4 is 16.7 Å². The minimum absolute atomic E-state index is 0.294. The molecule has 190 valence electrons. The zero-order chi connectivity index (χ0) is 24.7. The number of anilines is 1. The average molecular weight is 480 g/mol. The Labute approximate surface area is 209 Å². The quantitative estimate of drug-likeness (QED) is 0.344. The van der Waals surface area contributed by atoms with E-state index in [4.69, 9.17) is 9.82 Å². The molecule has 0 spiro atoms. The summed E-state index contributed by atoms with van der Waals surface area (Å²) in [7, 11) is 1.55. The Hall–Kier alpha value is -2.48. The van der Waals surface area contributed by atoms with Crippen LogP contribution in [0.5, 0.6) is 0 Å². The van der Waals surface area contributed by atoms with Crippen LogP contribution in [0.25, 0.3) is 11.0 Å². The van der Waals surface area contributed by atoms with Gasteiger partial charge in [0.25, 0.3) is 0 Å². The largest absolute Gasteiger partial charge is 0.371 e. The fourth-order valence-electron chi connectivity index (χ4n) is 4.62. The molecular formula is C28H41N5O2. The van der Waals surface area contributed by atoms with Gasteiger partial charge < -0.3 is 9.47 Å². The van der Waals surface area contributed by atoms with Crippen LogP contribution in [0.15, 0.2) is 48.8 Å². The number of fused-ring (bicyclic) bond motifs is 1. The van der Waals surface area contributed by atoms with Crippen LogP contribution >= 0.6 is 0 Å². The Morgan fingerprint density at radius 3 is 2.34 bits per heavy atom. The summed E-state index contributed by atoms with van der Waals surface area (Å²) in [6.45, 7) is 10.9. The normalized spacial score (nSPS) is 16.9. The first-order chi connectivity index (χ1) is 16.9. The number of benzene rings is 1. The number of imidazole rings is 1. The van der Waals surface area contributed by atoms with Gasteiger partial charge >= 0.3 is 0 Å². The lowest BCUT2D eigenvalue weighted by Crippen LogP contribution is -2.35. The van der Waals surface area contributed by atoms with Crippen LogP contribution < -0.4 is 10.5 Å². The summed E-state index contributed by atoms with van der Waals surface area (Å²) < 4.78 is 2.46. The highest BCUT2D eigenvalue weighted by Crippen LogP contribution is 2.33. The number of aromatic nitrogens is 3. The first-order valence-electron chi connectivity index (χ1n) is 12.9. The molecule has 2 aliphatic rings. The third-order valence-corrected chi connectivity index (χ3v) is 6.66. The van der Waals surface area contributed by atoms with Crippen molar-refractivity contribution in [3.63, 3.8) is 0 Å². The van der Waals surface area contributed by atoms with E-state index in [9.17, 15) is 0 Å². The van der Waals surface area contributed by atoms with Crippen LogP contribution in [-0.4, -0.2) is 41.3 Å². The predicted octanol–water partition coefficient (Wildman–Crippen LogP) is 5.42. The summed E-state index contributed by atoms with van der Waals surface area (Å²) >= 11 is 0. The van der Waals surface area contributed by atoms with Crippen molar-refractivity contribution in [3.05, 3.63) is 54.6 Å². The molecule has 0 amide bonds. The van der Waals surface area contributed by atoms with Crippen molar-refractivity contribution in [1.29, 1.82) is 0 Å². The van der Waals surface area contributed by atoms with Crippen molar-refractivity contribution in [2.45, 2.75) is 59.4 Å². The van der Waals surface area contributed by atoms with Crippen LogP contribution in [-0.2, 0) is 22.6 Å². The highest BCUT2D eigenvalue weighted by molar-refractivity contribution is 5.75. The fourth-order valence-corrected chi connectivity index (χ4v) is 4.62. The number of nitrogens with one attached hydrogen (secondary N) is 1. The van der Waals surface area contributed by atoms with E-state index in [1.807, 2.05) is 12.4 Å². The molecule has 7 nitrogen and oxygen atoms in total. The van der Waals surface area contributed by atoms with E-state index in [0.29, 0.717) is 17.9 Å². The summed E-state index contributed by atoms with van der Waals surface area (Å²) in [5.41, 5.74) is 6.43. The Balaban J connectivity index is 0.000000165. The number of pyridine rings is 1. The third-order valence-electron chi connectivity index (χ3n) is 6.66. The van der Waals surface area contributed by atoms with E-state index in [1.54, 1.807) is 7.11 Å². The minimum Gasteiger partial charge on any atom is -0.371 e. The maximum atomic E-state index is 5.16. The fraction of sp³-hybridized carbons (Fsp3) is 0.571. The van der Waals surface area contributed by atoms with Crippen molar-refractivity contribution < 1.29 is 9.68 Å². The number of hydrogen-bond donors (Lipinski definition) is 1. The second kappa shape index (κ2) is 12.0. The van der Waals surface area contributed by atoms with Gasteiger partial charge in [-0.25, -0.2) is 4.98 Å². The molecule has 3 heterocycles. The standard InChI is InChI=1S/C16H22N2.C12H19N3O2/c1-16(2,3)10-15-17-13-6-4-5-7-14(13)18(15)11-12-8-9-12;1-16-14-17-10-11-4-8-15(9-5-11)12-2-6-13-7-3-12/h4-7,12H,8-11H2,1-3H3;2-3,6-7,11,14H,4-5,8-10H2,1H3. The molecule has 2 fully saturated rings. The van der Waals surface area contributed by atoms with Gasteiger partial charge in [-0.05, 0) is 67.2 Å². The molecule has 0 unspecified atom stereocenters. The van der Waals surface area contributed by atoms with Gasteiger partial charge in [-0.3, -0.25) is 14.7 Å². The minimum atomic E-state index is 0.294. The Morgan fingerprint density at radius 2 is 1.69 bits per heavy atom. The zero-order valence-electron chi connectivity index (χ0n) is 21.7. The van der Waals surface area contributed by atoms with E-state index < -0.39 is 0 Å². The highest BCUT2D eigenvalue weighted by atomic mass is 16.9. The summed E-state index contributed by atoms with van der Waals surface area (Å²) in [6.07, 6.45) is 9.80. The van der Waals surface area contributed by atoms with E-state index in [0.717, 1.165) is 50.3 Å². The van der Waals surface area contributed by atoms with Crippen LogP contribution in [0.1, 0.15) is 52.3 Å². The first kappa shape index (κ1) is 25.6. The van der Waals surface area contributed by atoms with Gasteiger partial charge in [-0.2, -0.15) is 0 Å². The first-order valence-corrected chi connectivity index (χ1v) is 12.9. The van der Waals surface area contributed by atoms with Gasteiger partial charge in [0, 0.05) is 44.1 Å². The molecule has 7 heteroatoms. The molecule has 1 N–H and O–H groups in total. The molecule has 0 bridgehead atoms. The maximum Gasteiger partial charge on any atom is 0.110 e. The van der Waals surface area contributed by atoms with E-state index in [2.05, 4.69) is 82.1 Å². The van der Waals surface area contributed by atoms with Gasteiger partial charge in [-0.1, -0.05) is 38.5 Å². The molecule has 3 aromatic rings. The zero-order valence-corrected chi connectivity index (χ0v) is 21.7. The molecule has 1 aliphatic carbocycles. The third kappa shape index (κ3) is 7.75. The molecule has 1 saturated heterocycles. The van der Waals surface area contributed by atoms with Gasteiger partial charge in [0.05, 0.1) is 24.8 Å². The van der Waals surface area contributed by atoms with E-state index in [1.165, 1.54) is 29.9 Å². The van der Waals surface area contributed by atoms with Crippen LogP contribution in [0.3, 0.4) is 0 Å². The van der Waals surface area contributed by atoms with Gasteiger partial charge in [0.1, 0.15) is 5.82 Å². The number of hydrogen-bond acceptors (Lipinski definition) is 6. The Kier molecular flexibility index (Phi) is 8.76. The second-order valence-corrected chi connectivity index (χ2v) is 11.0. The lowest BCUT2D eigenvalue weighted by atomic mass is 9.92. The molecule has 5 rings (SSSR count). The summed E-state index contributed by atoms with van der Waals surface area (Å²) in [5, 5.41) is 0. The summed E-state index contributed by atoms with van der Waals surface area (Å²) in [6, 6.07) is 12.7. The van der Waals surface area contributed by atoms with Crippen molar-refractivity contribution in [2.75, 3.05) is 31.7 Å². The number of nitrogens with zero attached hydrogens (tertiary/aromatic N) is 4. The van der Waals surface area contributed by atoms with Gasteiger partial charge in [-0.15, -0.1) is 0 Å². The summed E-state index contributed by atoms with van der Waals surface area (Å²) in [5.74, 6) is 2.76. The second-order valence-electron chi connectivity index (χ2n) is 11.0. The van der Waals surface area contributed by atoms with Crippen LogP contribution in [0.2, 0.25) is 0 Å². The number of rotatable bonds is 8. The lowest BCUT2D eigenvalue weighted by Gasteiger charge is -2.33. The maximum absolute atomic E-state index is 5.16. The smallest absolute Gasteiger partial charge is 0.110 e.